The zero-order valence-corrected chi connectivity index (χ0v) is 39.8. The molecule has 0 aliphatic carbocycles. The van der Waals surface area contributed by atoms with Crippen LogP contribution < -0.4 is 5.32 Å². The number of nitrogens with one attached hydrogen (secondary N) is 1. The SMILES string of the molecule is CN(C)CCCC(=O)CCN(CCCN(CCCN(CCC(=O)CCCN(C)C)CCC(=O)CCCN(C)C)CCC(=O)NCCN(C)C)CCC(=O)CCCN(C)C. The van der Waals surface area contributed by atoms with Gasteiger partial charge in [-0.2, -0.15) is 0 Å². The summed E-state index contributed by atoms with van der Waals surface area (Å²) >= 11 is 0. The van der Waals surface area contributed by atoms with Gasteiger partial charge in [-0.25, -0.2) is 0 Å². The van der Waals surface area contributed by atoms with Crippen molar-refractivity contribution in [3.63, 3.8) is 0 Å². The van der Waals surface area contributed by atoms with E-state index in [1.165, 1.54) is 0 Å². The minimum absolute atomic E-state index is 0.0428. The van der Waals surface area contributed by atoms with Crippen molar-refractivity contribution in [3.05, 3.63) is 0 Å². The van der Waals surface area contributed by atoms with Gasteiger partial charge in [-0.15, -0.1) is 0 Å². The molecule has 0 saturated carbocycles. The molecule has 0 aromatic rings. The average Bonchev–Trinajstić information content (AvgIpc) is 3.14. The van der Waals surface area contributed by atoms with Crippen molar-refractivity contribution in [2.45, 2.75) is 96.3 Å². The minimum Gasteiger partial charge on any atom is -0.355 e. The summed E-state index contributed by atoms with van der Waals surface area (Å²) in [5.41, 5.74) is 0. The Labute approximate surface area is 361 Å². The summed E-state index contributed by atoms with van der Waals surface area (Å²) < 4.78 is 0. The Morgan fingerprint density at radius 1 is 0.288 bits per heavy atom. The summed E-state index contributed by atoms with van der Waals surface area (Å²) in [5, 5.41) is 3.05. The molecule has 0 fully saturated rings. The smallest absolute Gasteiger partial charge is 0.221 e. The minimum atomic E-state index is 0.0428. The quantitative estimate of drug-likeness (QED) is 0.0972. The number of likely N-dealkylation sites (N-methyl/N-ethyl adjacent to an activating group) is 1. The Hall–Kier alpha value is -2.17. The predicted molar refractivity (Wildman–Crippen MR) is 244 cm³/mol. The maximum absolute atomic E-state index is 12.8. The van der Waals surface area contributed by atoms with Gasteiger partial charge in [-0.05, 0) is 161 Å². The lowest BCUT2D eigenvalue weighted by atomic mass is 10.1. The fourth-order valence-corrected chi connectivity index (χ4v) is 6.81. The standard InChI is InChI=1S/C45H91N9O5/c1-47(2)27-11-17-41(55)21-35-53(36-22-42(56)18-12-28-48(3)4)33-15-31-52(39-25-45(59)46-26-40-51(9)10)32-16-34-54(37-23-43(57)19-13-29-49(5)6)38-24-44(58)20-14-30-50(7)8/h11-40H2,1-10H3,(H,46,59). The molecule has 0 aromatic heterocycles. The zero-order valence-electron chi connectivity index (χ0n) is 39.8. The van der Waals surface area contributed by atoms with Gasteiger partial charge in [0.25, 0.3) is 0 Å². The van der Waals surface area contributed by atoms with E-state index in [4.69, 9.17) is 0 Å². The number of amides is 1. The molecule has 14 heteroatoms. The van der Waals surface area contributed by atoms with Gasteiger partial charge in [0.1, 0.15) is 23.1 Å². The third kappa shape index (κ3) is 38.5. The topological polar surface area (TPSA) is 123 Å². The van der Waals surface area contributed by atoms with E-state index in [0.29, 0.717) is 97.1 Å². The van der Waals surface area contributed by atoms with E-state index in [-0.39, 0.29) is 29.0 Å². The fourth-order valence-electron chi connectivity index (χ4n) is 6.81. The van der Waals surface area contributed by atoms with Crippen LogP contribution in [0.1, 0.15) is 96.3 Å². The van der Waals surface area contributed by atoms with Crippen LogP contribution in [0.5, 0.6) is 0 Å². The average molecular weight is 838 g/mol. The molecule has 0 aliphatic rings. The summed E-state index contributed by atoms with van der Waals surface area (Å²) in [6.07, 6.45) is 9.81. The van der Waals surface area contributed by atoms with Crippen LogP contribution in [-0.4, -0.2) is 237 Å². The first-order chi connectivity index (χ1) is 28.0. The van der Waals surface area contributed by atoms with Crippen LogP contribution in [0.4, 0.5) is 0 Å². The van der Waals surface area contributed by atoms with E-state index < -0.39 is 0 Å². The molecule has 0 saturated heterocycles. The van der Waals surface area contributed by atoms with Gasteiger partial charge in [0.15, 0.2) is 0 Å². The molecule has 0 radical (unpaired) electrons. The largest absolute Gasteiger partial charge is 0.355 e. The molecule has 0 spiro atoms. The van der Waals surface area contributed by atoms with E-state index in [9.17, 15) is 24.0 Å². The van der Waals surface area contributed by atoms with Crippen molar-refractivity contribution >= 4 is 29.0 Å². The van der Waals surface area contributed by atoms with E-state index >= 15 is 0 Å². The lowest BCUT2D eigenvalue weighted by molar-refractivity contribution is -0.122. The van der Waals surface area contributed by atoms with Crippen molar-refractivity contribution in [3.8, 4) is 0 Å². The number of Topliss-reactive ketones (excluding diaryl/α,β-unsaturated/α-hetero) is 4. The number of rotatable bonds is 42. The highest BCUT2D eigenvalue weighted by Crippen LogP contribution is 2.08. The number of carbonyl (C=O) groups is 5. The summed E-state index contributed by atoms with van der Waals surface area (Å²) in [6.45, 7) is 11.3. The molecular weight excluding hydrogens is 747 g/mol. The van der Waals surface area contributed by atoms with Crippen molar-refractivity contribution in [2.75, 3.05) is 169 Å². The predicted octanol–water partition coefficient (Wildman–Crippen LogP) is 2.94. The molecule has 0 unspecified atom stereocenters. The second-order valence-electron chi connectivity index (χ2n) is 17.9. The Kier molecular flexibility index (Phi) is 35.1. The van der Waals surface area contributed by atoms with E-state index in [2.05, 4.69) is 39.6 Å². The van der Waals surface area contributed by atoms with Gasteiger partial charge in [-0.3, -0.25) is 24.0 Å². The van der Waals surface area contributed by atoms with Crippen LogP contribution in [0, 0.1) is 0 Å². The Balaban J connectivity index is 5.64. The summed E-state index contributed by atoms with van der Waals surface area (Å²) in [4.78, 5) is 81.4. The highest BCUT2D eigenvalue weighted by atomic mass is 16.2. The Morgan fingerprint density at radius 2 is 0.542 bits per heavy atom. The zero-order chi connectivity index (χ0) is 44.4. The van der Waals surface area contributed by atoms with Crippen LogP contribution >= 0.6 is 0 Å². The molecule has 0 atom stereocenters. The van der Waals surface area contributed by atoms with Crippen LogP contribution in [0.3, 0.4) is 0 Å². The van der Waals surface area contributed by atoms with Gasteiger partial charge in [0, 0.05) is 104 Å². The van der Waals surface area contributed by atoms with E-state index in [1.807, 2.05) is 75.4 Å². The second kappa shape index (κ2) is 36.5. The molecule has 0 heterocycles. The van der Waals surface area contributed by atoms with Crippen molar-refractivity contribution in [2.24, 2.45) is 0 Å². The van der Waals surface area contributed by atoms with Crippen molar-refractivity contribution in [1.82, 2.24) is 44.5 Å². The van der Waals surface area contributed by atoms with Gasteiger partial charge in [0.05, 0.1) is 0 Å². The number of nitrogens with zero attached hydrogens (tertiary/aromatic N) is 8. The molecule has 0 aliphatic heterocycles. The van der Waals surface area contributed by atoms with E-state index in [0.717, 1.165) is 97.4 Å². The fraction of sp³-hybridized carbons (Fsp3) is 0.889. The Bertz CT molecular complexity index is 989. The lowest BCUT2D eigenvalue weighted by Gasteiger charge is -2.27. The molecule has 0 rings (SSSR count). The van der Waals surface area contributed by atoms with Gasteiger partial charge < -0.3 is 44.5 Å². The third-order valence-corrected chi connectivity index (χ3v) is 10.5. The molecule has 1 N–H and O–H groups in total. The van der Waals surface area contributed by atoms with Crippen LogP contribution in [-0.2, 0) is 24.0 Å². The summed E-state index contributed by atoms with van der Waals surface area (Å²) in [7, 11) is 20.2. The van der Waals surface area contributed by atoms with Gasteiger partial charge in [-0.1, -0.05) is 0 Å². The normalized spacial score (nSPS) is 12.1. The highest BCUT2D eigenvalue weighted by molar-refractivity contribution is 5.80. The molecular formula is C45H91N9O5. The first kappa shape index (κ1) is 56.8. The molecule has 0 aromatic carbocycles. The van der Waals surface area contributed by atoms with Crippen molar-refractivity contribution in [1.29, 1.82) is 0 Å². The maximum Gasteiger partial charge on any atom is 0.221 e. The summed E-state index contributed by atoms with van der Waals surface area (Å²) in [6, 6.07) is 0. The van der Waals surface area contributed by atoms with Crippen molar-refractivity contribution < 1.29 is 24.0 Å². The van der Waals surface area contributed by atoms with Gasteiger partial charge in [0.2, 0.25) is 5.91 Å². The maximum atomic E-state index is 12.8. The van der Waals surface area contributed by atoms with Crippen LogP contribution in [0.2, 0.25) is 0 Å². The molecule has 0 bridgehead atoms. The molecule has 1 amide bonds. The Morgan fingerprint density at radius 3 is 0.814 bits per heavy atom. The molecule has 14 nitrogen and oxygen atoms in total. The van der Waals surface area contributed by atoms with E-state index in [1.54, 1.807) is 0 Å². The number of hydrogen-bond donors (Lipinski definition) is 1. The van der Waals surface area contributed by atoms with Gasteiger partial charge >= 0.3 is 0 Å². The van der Waals surface area contributed by atoms with Crippen LogP contribution in [0.25, 0.3) is 0 Å². The molecule has 59 heavy (non-hydrogen) atoms. The first-order valence-electron chi connectivity index (χ1n) is 22.7. The number of carbonyl (C=O) groups excluding carboxylic acids is 5. The number of hydrogen-bond acceptors (Lipinski definition) is 13. The first-order valence-corrected chi connectivity index (χ1v) is 22.7. The second-order valence-corrected chi connectivity index (χ2v) is 17.9. The lowest BCUT2D eigenvalue weighted by Crippen LogP contribution is -2.37. The number of ketones is 4. The third-order valence-electron chi connectivity index (χ3n) is 10.5. The van der Waals surface area contributed by atoms with Crippen LogP contribution in [0.15, 0.2) is 0 Å². The highest BCUT2D eigenvalue weighted by Gasteiger charge is 2.16. The monoisotopic (exact) mass is 838 g/mol. The summed E-state index contributed by atoms with van der Waals surface area (Å²) in [5.74, 6) is 1.12. The molecule has 346 valence electrons.